The van der Waals surface area contributed by atoms with Crippen LogP contribution in [0, 0.1) is 17.7 Å². The van der Waals surface area contributed by atoms with Crippen LogP contribution >= 0.6 is 0 Å². The van der Waals surface area contributed by atoms with Gasteiger partial charge in [-0.15, -0.1) is 0 Å². The summed E-state index contributed by atoms with van der Waals surface area (Å²) in [5, 5.41) is 0. The molecule has 0 spiro atoms. The Labute approximate surface area is 165 Å². The van der Waals surface area contributed by atoms with Gasteiger partial charge in [0.1, 0.15) is 11.6 Å². The van der Waals surface area contributed by atoms with Crippen molar-refractivity contribution in [2.45, 2.75) is 89.9 Å². The molecule has 1 aromatic rings. The Morgan fingerprint density at radius 3 is 2.37 bits per heavy atom. The summed E-state index contributed by atoms with van der Waals surface area (Å²) in [4.78, 5) is 0. The van der Waals surface area contributed by atoms with Crippen LogP contribution in [0.5, 0.6) is 5.75 Å². The fourth-order valence-corrected chi connectivity index (χ4v) is 5.06. The number of hydrogen-bond acceptors (Lipinski definition) is 1. The second kappa shape index (κ2) is 10.3. The summed E-state index contributed by atoms with van der Waals surface area (Å²) in [5.41, 5.74) is 2.48. The highest BCUT2D eigenvalue weighted by atomic mass is 19.1. The van der Waals surface area contributed by atoms with Gasteiger partial charge in [-0.2, -0.15) is 0 Å². The first-order chi connectivity index (χ1) is 13.2. The number of halogens is 1. The third-order valence-corrected chi connectivity index (χ3v) is 6.96. The zero-order chi connectivity index (χ0) is 19.1. The Bertz CT molecular complexity index is 613. The molecule has 150 valence electrons. The Morgan fingerprint density at radius 2 is 1.78 bits per heavy atom. The third-order valence-electron chi connectivity index (χ3n) is 6.96. The fourth-order valence-electron chi connectivity index (χ4n) is 5.06. The molecule has 0 radical (unpaired) electrons. The van der Waals surface area contributed by atoms with E-state index >= 15 is 0 Å². The van der Waals surface area contributed by atoms with Gasteiger partial charge in [0.05, 0.1) is 7.11 Å². The summed E-state index contributed by atoms with van der Waals surface area (Å²) in [6.45, 7) is 2.30. The van der Waals surface area contributed by atoms with Gasteiger partial charge in [0.25, 0.3) is 0 Å². The number of allylic oxidation sites excluding steroid dienone is 2. The minimum Gasteiger partial charge on any atom is -0.497 e. The van der Waals surface area contributed by atoms with Gasteiger partial charge in [-0.25, -0.2) is 4.39 Å². The van der Waals surface area contributed by atoms with Crippen LogP contribution < -0.4 is 4.74 Å². The van der Waals surface area contributed by atoms with Crippen LogP contribution in [0.2, 0.25) is 0 Å². The molecule has 1 saturated carbocycles. The van der Waals surface area contributed by atoms with E-state index in [1.54, 1.807) is 12.7 Å². The van der Waals surface area contributed by atoms with Gasteiger partial charge in [0.15, 0.2) is 0 Å². The molecular formula is C25H37FO. The molecule has 1 nitrogen and oxygen atoms in total. The molecule has 0 aromatic heterocycles. The van der Waals surface area contributed by atoms with Crippen molar-refractivity contribution < 1.29 is 9.13 Å². The van der Waals surface area contributed by atoms with Crippen LogP contribution in [-0.2, 0) is 0 Å². The Morgan fingerprint density at radius 1 is 1.04 bits per heavy atom. The molecular weight excluding hydrogens is 335 g/mol. The number of ether oxygens (including phenoxy) is 1. The van der Waals surface area contributed by atoms with Crippen LogP contribution in [-0.4, -0.2) is 7.11 Å². The zero-order valence-corrected chi connectivity index (χ0v) is 17.3. The maximum atomic E-state index is 14.3. The number of rotatable bonds is 8. The van der Waals surface area contributed by atoms with Crippen molar-refractivity contribution in [1.29, 1.82) is 0 Å². The third kappa shape index (κ3) is 5.83. The number of methoxy groups -OCH3 is 1. The van der Waals surface area contributed by atoms with Gasteiger partial charge in [-0.05, 0) is 61.5 Å². The van der Waals surface area contributed by atoms with Crippen molar-refractivity contribution in [2.24, 2.45) is 11.8 Å². The highest BCUT2D eigenvalue weighted by molar-refractivity contribution is 5.32. The summed E-state index contributed by atoms with van der Waals surface area (Å²) in [7, 11) is 1.59. The molecule has 0 saturated heterocycles. The molecule has 1 unspecified atom stereocenters. The molecule has 1 aromatic carbocycles. The van der Waals surface area contributed by atoms with E-state index in [1.165, 1.54) is 63.9 Å². The highest BCUT2D eigenvalue weighted by Crippen LogP contribution is 2.38. The molecule has 1 fully saturated rings. The lowest BCUT2D eigenvalue weighted by molar-refractivity contribution is 0.249. The monoisotopic (exact) mass is 372 g/mol. The zero-order valence-electron chi connectivity index (χ0n) is 17.3. The molecule has 3 rings (SSSR count). The van der Waals surface area contributed by atoms with Gasteiger partial charge in [-0.1, -0.05) is 69.6 Å². The van der Waals surface area contributed by atoms with Crippen LogP contribution in [0.15, 0.2) is 29.8 Å². The molecule has 0 aliphatic heterocycles. The van der Waals surface area contributed by atoms with Gasteiger partial charge >= 0.3 is 0 Å². The van der Waals surface area contributed by atoms with E-state index in [9.17, 15) is 4.39 Å². The molecule has 27 heavy (non-hydrogen) atoms. The lowest BCUT2D eigenvalue weighted by Crippen LogP contribution is -2.15. The predicted molar refractivity (Wildman–Crippen MR) is 112 cm³/mol. The first kappa shape index (κ1) is 20.4. The largest absolute Gasteiger partial charge is 0.497 e. The number of benzene rings is 1. The first-order valence-electron chi connectivity index (χ1n) is 11.2. The average Bonchev–Trinajstić information content (AvgIpc) is 2.72. The van der Waals surface area contributed by atoms with E-state index < -0.39 is 0 Å². The van der Waals surface area contributed by atoms with Gasteiger partial charge in [-0.3, -0.25) is 0 Å². The Kier molecular flexibility index (Phi) is 7.79. The molecule has 2 aliphatic carbocycles. The highest BCUT2D eigenvalue weighted by Gasteiger charge is 2.23. The molecule has 0 amide bonds. The fraction of sp³-hybridized carbons (Fsp3) is 0.680. The summed E-state index contributed by atoms with van der Waals surface area (Å²) < 4.78 is 19.4. The van der Waals surface area contributed by atoms with Crippen LogP contribution in [0.25, 0.3) is 0 Å². The summed E-state index contributed by atoms with van der Waals surface area (Å²) in [6, 6.07) is 5.31. The van der Waals surface area contributed by atoms with E-state index in [1.807, 2.05) is 12.1 Å². The minimum atomic E-state index is -0.115. The number of hydrogen-bond donors (Lipinski definition) is 0. The maximum absolute atomic E-state index is 14.3. The van der Waals surface area contributed by atoms with E-state index in [0.29, 0.717) is 11.7 Å². The second-order valence-electron chi connectivity index (χ2n) is 8.79. The minimum absolute atomic E-state index is 0.115. The topological polar surface area (TPSA) is 9.23 Å². The summed E-state index contributed by atoms with van der Waals surface area (Å²) in [6.07, 6.45) is 18.3. The normalized spacial score (nSPS) is 25.9. The Hall–Kier alpha value is -1.31. The van der Waals surface area contributed by atoms with Crippen molar-refractivity contribution >= 4 is 0 Å². The van der Waals surface area contributed by atoms with Crippen molar-refractivity contribution in [1.82, 2.24) is 0 Å². The standard InChI is InChI=1S/C25H37FO/c1-3-4-5-19-6-8-20(9-7-19)10-11-21-12-14-22(15-13-21)24-17-16-23(27-2)18-25(24)26/h12,16-20,22H,3-11,13-15H2,1-2H3. The maximum Gasteiger partial charge on any atom is 0.130 e. The second-order valence-corrected chi connectivity index (χ2v) is 8.79. The predicted octanol–water partition coefficient (Wildman–Crippen LogP) is 7.81. The van der Waals surface area contributed by atoms with Crippen molar-refractivity contribution in [3.63, 3.8) is 0 Å². The summed E-state index contributed by atoms with van der Waals surface area (Å²) in [5.74, 6) is 2.77. The average molecular weight is 373 g/mol. The molecule has 0 heterocycles. The van der Waals surface area contributed by atoms with Crippen molar-refractivity contribution in [2.75, 3.05) is 7.11 Å². The lowest BCUT2D eigenvalue weighted by atomic mass is 9.76. The van der Waals surface area contributed by atoms with E-state index in [4.69, 9.17) is 4.74 Å². The van der Waals surface area contributed by atoms with Crippen LogP contribution in [0.4, 0.5) is 4.39 Å². The van der Waals surface area contributed by atoms with Gasteiger partial charge in [0.2, 0.25) is 0 Å². The van der Waals surface area contributed by atoms with Crippen molar-refractivity contribution in [3.8, 4) is 5.75 Å². The molecule has 2 aliphatic rings. The Balaban J connectivity index is 1.42. The number of unbranched alkanes of at least 4 members (excludes halogenated alkanes) is 1. The van der Waals surface area contributed by atoms with Crippen LogP contribution in [0.3, 0.4) is 0 Å². The molecule has 0 bridgehead atoms. The van der Waals surface area contributed by atoms with Gasteiger partial charge < -0.3 is 4.74 Å². The van der Waals surface area contributed by atoms with E-state index in [0.717, 1.165) is 36.7 Å². The molecule has 2 heteroatoms. The first-order valence-corrected chi connectivity index (χ1v) is 11.2. The molecule has 0 N–H and O–H groups in total. The quantitative estimate of drug-likeness (QED) is 0.423. The smallest absolute Gasteiger partial charge is 0.130 e. The van der Waals surface area contributed by atoms with Gasteiger partial charge in [0, 0.05) is 6.07 Å². The van der Waals surface area contributed by atoms with E-state index in [-0.39, 0.29) is 5.82 Å². The summed E-state index contributed by atoms with van der Waals surface area (Å²) >= 11 is 0. The van der Waals surface area contributed by atoms with Crippen LogP contribution in [0.1, 0.15) is 95.5 Å². The SMILES string of the molecule is CCCCC1CCC(CCC2=CCC(c3ccc(OC)cc3F)CC2)CC1. The van der Waals surface area contributed by atoms with Crippen molar-refractivity contribution in [3.05, 3.63) is 41.2 Å². The molecule has 1 atom stereocenters. The van der Waals surface area contributed by atoms with E-state index in [2.05, 4.69) is 13.0 Å². The lowest BCUT2D eigenvalue weighted by Gasteiger charge is -2.29.